The zero-order chi connectivity index (χ0) is 11.5. The van der Waals surface area contributed by atoms with Crippen molar-refractivity contribution in [2.75, 3.05) is 5.73 Å². The lowest BCUT2D eigenvalue weighted by molar-refractivity contribution is 0.439. The Morgan fingerprint density at radius 1 is 1.50 bits per heavy atom. The second-order valence-electron chi connectivity index (χ2n) is 3.25. The van der Waals surface area contributed by atoms with E-state index < -0.39 is 5.82 Å². The van der Waals surface area contributed by atoms with Crippen molar-refractivity contribution in [2.24, 2.45) is 0 Å². The minimum absolute atomic E-state index is 0.145. The first-order valence-corrected chi connectivity index (χ1v) is 5.74. The molecule has 2 aromatic rings. The van der Waals surface area contributed by atoms with E-state index in [1.54, 1.807) is 6.07 Å². The molecule has 0 amide bonds. The molecule has 0 bridgehead atoms. The normalized spacial score (nSPS) is 10.4. The molecular weight excluding hydrogens is 227 g/mol. The second-order valence-corrected chi connectivity index (χ2v) is 4.07. The van der Waals surface area contributed by atoms with Crippen LogP contribution < -0.4 is 10.5 Å². The van der Waals surface area contributed by atoms with Crippen LogP contribution in [0.25, 0.3) is 0 Å². The van der Waals surface area contributed by atoms with Crippen LogP contribution in [0.15, 0.2) is 23.6 Å². The molecule has 5 heteroatoms. The van der Waals surface area contributed by atoms with Gasteiger partial charge in [-0.2, -0.15) is 0 Å². The molecule has 0 spiro atoms. The number of thiazole rings is 1. The molecule has 0 radical (unpaired) electrons. The standard InChI is InChI=1S/C11H11FN2OS/c1-2-8-6-16-11(14-8)15-10-4-3-7(13)5-9(10)12/h3-6H,2,13H2,1H3. The van der Waals surface area contributed by atoms with Crippen LogP contribution in [0.2, 0.25) is 0 Å². The molecule has 1 aromatic carbocycles. The number of benzene rings is 1. The molecule has 0 saturated heterocycles. The summed E-state index contributed by atoms with van der Waals surface area (Å²) < 4.78 is 18.7. The SMILES string of the molecule is CCc1csc(Oc2ccc(N)cc2F)n1. The third kappa shape index (κ3) is 2.30. The van der Waals surface area contributed by atoms with E-state index >= 15 is 0 Å². The fraction of sp³-hybridized carbons (Fsp3) is 0.182. The van der Waals surface area contributed by atoms with Gasteiger partial charge < -0.3 is 10.5 Å². The van der Waals surface area contributed by atoms with Crippen LogP contribution in [0.3, 0.4) is 0 Å². The van der Waals surface area contributed by atoms with Crippen molar-refractivity contribution in [2.45, 2.75) is 13.3 Å². The lowest BCUT2D eigenvalue weighted by atomic mass is 10.3. The van der Waals surface area contributed by atoms with Crippen molar-refractivity contribution in [3.05, 3.63) is 35.1 Å². The summed E-state index contributed by atoms with van der Waals surface area (Å²) in [7, 11) is 0. The molecule has 0 aliphatic heterocycles. The summed E-state index contributed by atoms with van der Waals surface area (Å²) in [6.45, 7) is 2.00. The van der Waals surface area contributed by atoms with Crippen LogP contribution in [0, 0.1) is 5.82 Å². The van der Waals surface area contributed by atoms with Gasteiger partial charge in [0.1, 0.15) is 0 Å². The maximum atomic E-state index is 13.4. The predicted octanol–water partition coefficient (Wildman–Crippen LogP) is 3.22. The zero-order valence-electron chi connectivity index (χ0n) is 8.74. The van der Waals surface area contributed by atoms with Gasteiger partial charge in [0.15, 0.2) is 11.6 Å². The van der Waals surface area contributed by atoms with Crippen molar-refractivity contribution < 1.29 is 9.13 Å². The Hall–Kier alpha value is -1.62. The summed E-state index contributed by atoms with van der Waals surface area (Å²) in [5, 5.41) is 2.34. The smallest absolute Gasteiger partial charge is 0.279 e. The summed E-state index contributed by atoms with van der Waals surface area (Å²) in [4.78, 5) is 4.19. The Morgan fingerprint density at radius 3 is 2.94 bits per heavy atom. The van der Waals surface area contributed by atoms with Crippen LogP contribution in [0.5, 0.6) is 10.9 Å². The topological polar surface area (TPSA) is 48.1 Å². The molecule has 1 heterocycles. The summed E-state index contributed by atoms with van der Waals surface area (Å²) >= 11 is 1.35. The number of nitrogens with two attached hydrogens (primary N) is 1. The van der Waals surface area contributed by atoms with Crippen molar-refractivity contribution in [3.63, 3.8) is 0 Å². The van der Waals surface area contributed by atoms with Crippen molar-refractivity contribution >= 4 is 17.0 Å². The molecule has 3 nitrogen and oxygen atoms in total. The molecule has 0 fully saturated rings. The third-order valence-corrected chi connectivity index (χ3v) is 2.81. The second kappa shape index (κ2) is 4.49. The largest absolute Gasteiger partial charge is 0.428 e. The molecule has 0 aliphatic rings. The van der Waals surface area contributed by atoms with E-state index in [0.717, 1.165) is 12.1 Å². The first kappa shape index (κ1) is 10.9. The highest BCUT2D eigenvalue weighted by Crippen LogP contribution is 2.28. The Morgan fingerprint density at radius 2 is 2.31 bits per heavy atom. The number of ether oxygens (including phenoxy) is 1. The fourth-order valence-corrected chi connectivity index (χ4v) is 1.96. The third-order valence-electron chi connectivity index (χ3n) is 2.05. The summed E-state index contributed by atoms with van der Waals surface area (Å²) in [6.07, 6.45) is 0.837. The number of nitrogen functional groups attached to an aromatic ring is 1. The molecule has 0 unspecified atom stereocenters. The monoisotopic (exact) mass is 238 g/mol. The molecule has 0 atom stereocenters. The molecule has 2 N–H and O–H groups in total. The maximum Gasteiger partial charge on any atom is 0.279 e. The van der Waals surface area contributed by atoms with E-state index in [-0.39, 0.29) is 5.75 Å². The highest BCUT2D eigenvalue weighted by Gasteiger charge is 2.07. The van der Waals surface area contributed by atoms with Gasteiger partial charge in [0.05, 0.1) is 5.69 Å². The molecule has 0 aliphatic carbocycles. The molecule has 2 rings (SSSR count). The number of hydrogen-bond donors (Lipinski definition) is 1. The average Bonchev–Trinajstić information content (AvgIpc) is 2.70. The number of rotatable bonds is 3. The predicted molar refractivity (Wildman–Crippen MR) is 62.4 cm³/mol. The fourth-order valence-electron chi connectivity index (χ4n) is 1.19. The Balaban J connectivity index is 2.20. The highest BCUT2D eigenvalue weighted by molar-refractivity contribution is 7.11. The summed E-state index contributed by atoms with van der Waals surface area (Å²) in [5.74, 6) is -0.334. The van der Waals surface area contributed by atoms with Gasteiger partial charge in [-0.3, -0.25) is 0 Å². The van der Waals surface area contributed by atoms with Gasteiger partial charge in [-0.15, -0.1) is 0 Å². The van der Waals surface area contributed by atoms with Crippen molar-refractivity contribution in [3.8, 4) is 10.9 Å². The van der Waals surface area contributed by atoms with Gasteiger partial charge in [0, 0.05) is 17.1 Å². The lowest BCUT2D eigenvalue weighted by Crippen LogP contribution is -1.91. The van der Waals surface area contributed by atoms with Crippen molar-refractivity contribution in [1.82, 2.24) is 4.98 Å². The van der Waals surface area contributed by atoms with E-state index in [2.05, 4.69) is 4.98 Å². The van der Waals surface area contributed by atoms with Crippen LogP contribution in [0.4, 0.5) is 10.1 Å². The lowest BCUT2D eigenvalue weighted by Gasteiger charge is -2.03. The molecule has 16 heavy (non-hydrogen) atoms. The quantitative estimate of drug-likeness (QED) is 0.835. The van der Waals surface area contributed by atoms with E-state index in [1.165, 1.54) is 23.5 Å². The zero-order valence-corrected chi connectivity index (χ0v) is 9.55. The Labute approximate surface area is 96.7 Å². The average molecular weight is 238 g/mol. The maximum absolute atomic E-state index is 13.4. The van der Waals surface area contributed by atoms with Crippen LogP contribution in [-0.2, 0) is 6.42 Å². The van der Waals surface area contributed by atoms with Gasteiger partial charge >= 0.3 is 0 Å². The molecular formula is C11H11FN2OS. The summed E-state index contributed by atoms with van der Waals surface area (Å²) in [5.41, 5.74) is 6.75. The number of aromatic nitrogens is 1. The van der Waals surface area contributed by atoms with Crippen LogP contribution in [-0.4, -0.2) is 4.98 Å². The first-order chi connectivity index (χ1) is 7.69. The highest BCUT2D eigenvalue weighted by atomic mass is 32.1. The first-order valence-electron chi connectivity index (χ1n) is 4.86. The van der Waals surface area contributed by atoms with E-state index in [0.29, 0.717) is 10.9 Å². The Bertz CT molecular complexity index is 498. The van der Waals surface area contributed by atoms with E-state index in [9.17, 15) is 4.39 Å². The number of hydrogen-bond acceptors (Lipinski definition) is 4. The van der Waals surface area contributed by atoms with E-state index in [1.807, 2.05) is 12.3 Å². The number of aryl methyl sites for hydroxylation is 1. The number of anilines is 1. The molecule has 1 aromatic heterocycles. The van der Waals surface area contributed by atoms with Gasteiger partial charge in [0.2, 0.25) is 0 Å². The van der Waals surface area contributed by atoms with Crippen LogP contribution in [0.1, 0.15) is 12.6 Å². The van der Waals surface area contributed by atoms with Gasteiger partial charge in [-0.25, -0.2) is 9.37 Å². The number of halogens is 1. The minimum Gasteiger partial charge on any atom is -0.428 e. The molecule has 84 valence electrons. The van der Waals surface area contributed by atoms with Crippen molar-refractivity contribution in [1.29, 1.82) is 0 Å². The van der Waals surface area contributed by atoms with Gasteiger partial charge in [0.25, 0.3) is 5.19 Å². The van der Waals surface area contributed by atoms with Crippen LogP contribution >= 0.6 is 11.3 Å². The van der Waals surface area contributed by atoms with Gasteiger partial charge in [-0.05, 0) is 18.6 Å². The van der Waals surface area contributed by atoms with E-state index in [4.69, 9.17) is 10.5 Å². The number of nitrogens with zero attached hydrogens (tertiary/aromatic N) is 1. The van der Waals surface area contributed by atoms with Gasteiger partial charge in [-0.1, -0.05) is 18.3 Å². The summed E-state index contributed by atoms with van der Waals surface area (Å²) in [6, 6.07) is 4.31. The minimum atomic E-state index is -0.478. The molecule has 0 saturated carbocycles. The Kier molecular flexibility index (Phi) is 3.05.